The fraction of sp³-hybridized carbons (Fsp3) is 0.649. The Balaban J connectivity index is 1.84. The van der Waals surface area contributed by atoms with Crippen molar-refractivity contribution in [3.05, 3.63) is 70.6 Å². The third-order valence-corrected chi connectivity index (χ3v) is 13.4. The summed E-state index contributed by atoms with van der Waals surface area (Å²) in [6.07, 6.45) is 28.0. The Hall–Kier alpha value is -5.46. The topological polar surface area (TPSA) is 211 Å². The van der Waals surface area contributed by atoms with Crippen LogP contribution in [0.15, 0.2) is 52.7 Å². The summed E-state index contributed by atoms with van der Waals surface area (Å²) in [6.45, 7) is 17.7. The van der Waals surface area contributed by atoms with E-state index in [1.54, 1.807) is 6.92 Å². The third-order valence-electron chi connectivity index (χ3n) is 12.4. The first kappa shape index (κ1) is 64.7. The highest BCUT2D eigenvalue weighted by atomic mass is 32.1. The van der Waals surface area contributed by atoms with Crippen LogP contribution in [0.5, 0.6) is 0 Å². The first-order chi connectivity index (χ1) is 35.9. The lowest BCUT2D eigenvalue weighted by Crippen LogP contribution is -2.31. The SMILES string of the molecule is [C-]#[N+]c1sc(N=Nc2ccc(N(CCOCCOCCOC(=O)CC(C/C=C/CCCCCCCC)C(=O)O)CCOCCOC(=O)CC(C/C=C/CCCCCCCCCCC)C(=O)O)cc2C)c(C#N)c1C. The van der Waals surface area contributed by atoms with Crippen LogP contribution in [0.2, 0.25) is 0 Å². The highest BCUT2D eigenvalue weighted by Crippen LogP contribution is 2.41. The van der Waals surface area contributed by atoms with Crippen LogP contribution in [0.3, 0.4) is 0 Å². The minimum atomic E-state index is -1.03. The van der Waals surface area contributed by atoms with E-state index < -0.39 is 35.7 Å². The maximum Gasteiger partial charge on any atom is 0.307 e. The largest absolute Gasteiger partial charge is 0.481 e. The number of ether oxygens (including phenoxy) is 5. The van der Waals surface area contributed by atoms with Crippen LogP contribution in [0, 0.1) is 43.6 Å². The number of aryl methyl sites for hydroxylation is 1. The van der Waals surface area contributed by atoms with Crippen molar-refractivity contribution in [1.82, 2.24) is 0 Å². The van der Waals surface area contributed by atoms with Gasteiger partial charge in [-0.15, -0.1) is 21.6 Å². The normalized spacial score (nSPS) is 12.3. The first-order valence-electron chi connectivity index (χ1n) is 26.9. The van der Waals surface area contributed by atoms with Crippen molar-refractivity contribution < 1.29 is 53.1 Å². The average Bonchev–Trinajstić information content (AvgIpc) is 3.70. The molecule has 0 fully saturated rings. The van der Waals surface area contributed by atoms with Gasteiger partial charge < -0.3 is 38.8 Å². The number of rotatable bonds is 45. The van der Waals surface area contributed by atoms with Crippen LogP contribution in [-0.4, -0.2) is 100 Å². The lowest BCUT2D eigenvalue weighted by molar-refractivity contribution is -0.152. The summed E-state index contributed by atoms with van der Waals surface area (Å²) in [7, 11) is 0. The summed E-state index contributed by atoms with van der Waals surface area (Å²) in [5.74, 6) is -4.94. The number of esters is 2. The van der Waals surface area contributed by atoms with Crippen molar-refractivity contribution in [1.29, 1.82) is 5.26 Å². The monoisotopic (exact) mass is 1050 g/mol. The van der Waals surface area contributed by atoms with Crippen molar-refractivity contribution in [3.63, 3.8) is 0 Å². The number of nitrogens with zero attached hydrogens (tertiary/aromatic N) is 5. The molecule has 2 aromatic rings. The second-order valence-corrected chi connectivity index (χ2v) is 19.4. The summed E-state index contributed by atoms with van der Waals surface area (Å²) in [5.41, 5.74) is 3.19. The van der Waals surface area contributed by atoms with Crippen LogP contribution < -0.4 is 4.90 Å². The second-order valence-electron chi connectivity index (χ2n) is 18.4. The van der Waals surface area contributed by atoms with Gasteiger partial charge in [0.25, 0.3) is 0 Å². The first-order valence-corrected chi connectivity index (χ1v) is 27.7. The molecule has 0 aliphatic carbocycles. The molecule has 0 bridgehead atoms. The van der Waals surface area contributed by atoms with Crippen LogP contribution >= 0.6 is 11.3 Å². The molecule has 0 aliphatic rings. The number of carbonyl (C=O) groups is 4. The molecule has 1 aromatic carbocycles. The molecule has 0 aliphatic heterocycles. The predicted octanol–water partition coefficient (Wildman–Crippen LogP) is 13.9. The summed E-state index contributed by atoms with van der Waals surface area (Å²) >= 11 is 1.12. The summed E-state index contributed by atoms with van der Waals surface area (Å²) < 4.78 is 27.9. The number of carboxylic acid groups (broad SMARTS) is 2. The van der Waals surface area contributed by atoms with Crippen LogP contribution in [-0.2, 0) is 42.9 Å². The zero-order chi connectivity index (χ0) is 54.0. The van der Waals surface area contributed by atoms with Gasteiger partial charge in [-0.05, 0) is 81.7 Å². The smallest absolute Gasteiger partial charge is 0.307 e. The Labute approximate surface area is 445 Å². The fourth-order valence-electron chi connectivity index (χ4n) is 7.85. The summed E-state index contributed by atoms with van der Waals surface area (Å²) in [5, 5.41) is 38.4. The molecule has 74 heavy (non-hydrogen) atoms. The van der Waals surface area contributed by atoms with Gasteiger partial charge in [0.15, 0.2) is 0 Å². The molecule has 0 amide bonds. The molecule has 1 heterocycles. The maximum atomic E-state index is 12.6. The highest BCUT2D eigenvalue weighted by molar-refractivity contribution is 7.20. The van der Waals surface area contributed by atoms with Crippen molar-refractivity contribution in [3.8, 4) is 6.07 Å². The number of unbranched alkanes of at least 4 members (excludes halogenated alkanes) is 15. The van der Waals surface area contributed by atoms with E-state index in [0.717, 1.165) is 61.1 Å². The van der Waals surface area contributed by atoms with Crippen LogP contribution in [0.4, 0.5) is 21.4 Å². The lowest BCUT2D eigenvalue weighted by Gasteiger charge is -2.25. The van der Waals surface area contributed by atoms with E-state index in [1.807, 2.05) is 49.4 Å². The van der Waals surface area contributed by atoms with Gasteiger partial charge in [-0.3, -0.25) is 19.2 Å². The van der Waals surface area contributed by atoms with Gasteiger partial charge in [0, 0.05) is 18.8 Å². The molecule has 0 radical (unpaired) electrons. The van der Waals surface area contributed by atoms with Crippen molar-refractivity contribution >= 4 is 56.6 Å². The molecular weight excluding hydrogens is 963 g/mol. The Morgan fingerprint density at radius 2 is 1.14 bits per heavy atom. The minimum Gasteiger partial charge on any atom is -0.481 e. The Morgan fingerprint density at radius 3 is 1.58 bits per heavy atom. The number of azo groups is 1. The standard InChI is InChI=1S/C57H85N5O11S/c1-6-8-10-12-14-16-17-18-20-22-24-26-28-47(56(65)66)42-52(63)72-39-37-70-34-32-62(49-29-30-51(45(3)41-49)60-61-55-50(44-58)46(4)54(59-5)74-55)31-33-69-35-36-71-38-40-73-53(64)43-48(57(67)68)27-25-23-21-19-15-13-11-9-7-2/h23-26,29-30,41,47-48H,6-22,27-28,31-40,42-43H2,1-4H3,(H,65,66)(H,67,68)/b25-23+,26-24+,61-60?. The molecule has 16 nitrogen and oxygen atoms in total. The van der Waals surface area contributed by atoms with E-state index >= 15 is 0 Å². The number of thiophene rings is 1. The molecule has 2 unspecified atom stereocenters. The van der Waals surface area contributed by atoms with Gasteiger partial charge in [-0.25, -0.2) is 4.85 Å². The fourth-order valence-corrected chi connectivity index (χ4v) is 8.72. The highest BCUT2D eigenvalue weighted by Gasteiger charge is 2.22. The van der Waals surface area contributed by atoms with Crippen molar-refractivity contribution in [2.75, 3.05) is 70.8 Å². The summed E-state index contributed by atoms with van der Waals surface area (Å²) in [6, 6.07) is 7.78. The molecular formula is C57H85N5O11S. The van der Waals surface area contributed by atoms with Gasteiger partial charge in [0.2, 0.25) is 5.00 Å². The molecule has 1 aromatic heterocycles. The van der Waals surface area contributed by atoms with E-state index in [4.69, 9.17) is 30.3 Å². The number of hydrogen-bond donors (Lipinski definition) is 2. The van der Waals surface area contributed by atoms with E-state index in [0.29, 0.717) is 46.5 Å². The third kappa shape index (κ3) is 29.4. The number of carboxylic acids is 2. The Morgan fingerprint density at radius 1 is 0.676 bits per heavy atom. The van der Waals surface area contributed by atoms with E-state index in [-0.39, 0.29) is 71.9 Å². The van der Waals surface area contributed by atoms with E-state index in [9.17, 15) is 34.7 Å². The van der Waals surface area contributed by atoms with Crippen LogP contribution in [0.1, 0.15) is 165 Å². The number of carbonyl (C=O) groups excluding carboxylic acids is 2. The maximum absolute atomic E-state index is 12.6. The Bertz CT molecular complexity index is 2090. The van der Waals surface area contributed by atoms with Crippen LogP contribution in [0.25, 0.3) is 4.85 Å². The number of aliphatic carboxylic acids is 2. The van der Waals surface area contributed by atoms with Crippen molar-refractivity contribution in [2.45, 2.75) is 163 Å². The number of anilines is 1. The molecule has 0 spiro atoms. The van der Waals surface area contributed by atoms with Crippen molar-refractivity contribution in [2.24, 2.45) is 22.1 Å². The van der Waals surface area contributed by atoms with E-state index in [2.05, 4.69) is 39.9 Å². The predicted molar refractivity (Wildman–Crippen MR) is 291 cm³/mol. The summed E-state index contributed by atoms with van der Waals surface area (Å²) in [4.78, 5) is 54.1. The molecule has 410 valence electrons. The number of hydrogen-bond acceptors (Lipinski definition) is 14. The van der Waals surface area contributed by atoms with Gasteiger partial charge in [-0.1, -0.05) is 122 Å². The molecule has 2 rings (SSSR count). The van der Waals surface area contributed by atoms with E-state index in [1.165, 1.54) is 70.6 Å². The molecule has 2 N–H and O–H groups in total. The quantitative estimate of drug-likeness (QED) is 0.0208. The zero-order valence-electron chi connectivity index (χ0n) is 44.8. The number of nitriles is 1. The minimum absolute atomic E-state index is 0.00459. The average molecular weight is 1050 g/mol. The zero-order valence-corrected chi connectivity index (χ0v) is 45.6. The second kappa shape index (κ2) is 41.8. The number of allylic oxidation sites excluding steroid dienone is 4. The van der Waals surface area contributed by atoms with Gasteiger partial charge in [0.05, 0.1) is 82.1 Å². The van der Waals surface area contributed by atoms with Gasteiger partial charge in [0.1, 0.15) is 24.3 Å². The number of benzene rings is 1. The molecule has 2 atom stereocenters. The van der Waals surface area contributed by atoms with Gasteiger partial charge in [-0.2, -0.15) is 5.26 Å². The molecule has 0 saturated heterocycles. The Kier molecular flexibility index (Phi) is 36.6. The van der Waals surface area contributed by atoms with Gasteiger partial charge >= 0.3 is 23.9 Å². The lowest BCUT2D eigenvalue weighted by atomic mass is 10.0. The molecule has 17 heteroatoms. The molecule has 0 saturated carbocycles.